The smallest absolute Gasteiger partial charge is 0.287 e. The molecular formula is C16H17ClN2O3. The molecule has 5 nitrogen and oxygen atoms in total. The molecule has 2 amide bonds. The fraction of sp³-hybridized carbons (Fsp3) is 0.250. The number of carbonyl (C=O) groups excluding carboxylic acids is 2. The summed E-state index contributed by atoms with van der Waals surface area (Å²) in [6.45, 7) is 3.69. The van der Waals surface area contributed by atoms with E-state index in [9.17, 15) is 9.59 Å². The lowest BCUT2D eigenvalue weighted by molar-refractivity contribution is -0.118. The Bertz CT molecular complexity index is 653. The number of carbonyl (C=O) groups is 2. The van der Waals surface area contributed by atoms with Crippen molar-refractivity contribution in [1.82, 2.24) is 5.32 Å². The zero-order chi connectivity index (χ0) is 16.1. The molecule has 1 heterocycles. The van der Waals surface area contributed by atoms with Crippen molar-refractivity contribution in [2.45, 2.75) is 19.9 Å². The summed E-state index contributed by atoms with van der Waals surface area (Å²) in [4.78, 5) is 24.4. The van der Waals surface area contributed by atoms with Crippen molar-refractivity contribution in [3.05, 3.63) is 53.4 Å². The second-order valence-corrected chi connectivity index (χ2v) is 5.55. The average molecular weight is 321 g/mol. The first kappa shape index (κ1) is 16.1. The maximum absolute atomic E-state index is 12.4. The van der Waals surface area contributed by atoms with E-state index in [0.717, 1.165) is 0 Å². The van der Waals surface area contributed by atoms with Gasteiger partial charge in [0.15, 0.2) is 5.76 Å². The molecule has 0 fully saturated rings. The Morgan fingerprint density at radius 1 is 1.14 bits per heavy atom. The molecule has 1 atom stereocenters. The van der Waals surface area contributed by atoms with Crippen LogP contribution in [0.4, 0.5) is 5.69 Å². The predicted octanol–water partition coefficient (Wildman–Crippen LogP) is 3.33. The van der Waals surface area contributed by atoms with E-state index in [4.69, 9.17) is 16.0 Å². The molecule has 1 aromatic heterocycles. The van der Waals surface area contributed by atoms with Gasteiger partial charge >= 0.3 is 0 Å². The third-order valence-electron chi connectivity index (χ3n) is 3.11. The number of para-hydroxylation sites is 1. The summed E-state index contributed by atoms with van der Waals surface area (Å²) in [5.41, 5.74) is 0.507. The Morgan fingerprint density at radius 2 is 1.86 bits per heavy atom. The molecule has 1 aromatic carbocycles. The second kappa shape index (κ2) is 7.13. The maximum Gasteiger partial charge on any atom is 0.287 e. The van der Waals surface area contributed by atoms with Crippen molar-refractivity contribution >= 4 is 29.1 Å². The normalized spacial score (nSPS) is 12.0. The van der Waals surface area contributed by atoms with Gasteiger partial charge in [0.2, 0.25) is 5.91 Å². The van der Waals surface area contributed by atoms with E-state index in [-0.39, 0.29) is 17.6 Å². The van der Waals surface area contributed by atoms with Gasteiger partial charge in [0.05, 0.1) is 17.0 Å². The summed E-state index contributed by atoms with van der Waals surface area (Å²) < 4.78 is 5.03. The number of furan rings is 1. The number of nitrogens with one attached hydrogen (secondary N) is 2. The van der Waals surface area contributed by atoms with E-state index in [2.05, 4.69) is 10.6 Å². The van der Waals surface area contributed by atoms with Crippen LogP contribution in [-0.4, -0.2) is 17.9 Å². The summed E-state index contributed by atoms with van der Waals surface area (Å²) in [5.74, 6) is -0.696. The minimum absolute atomic E-state index is 0.0959. The Labute approximate surface area is 133 Å². The first-order valence-electron chi connectivity index (χ1n) is 6.89. The van der Waals surface area contributed by atoms with Crippen LogP contribution in [0.25, 0.3) is 0 Å². The zero-order valence-electron chi connectivity index (χ0n) is 12.3. The van der Waals surface area contributed by atoms with Gasteiger partial charge in [0.1, 0.15) is 6.04 Å². The third-order valence-corrected chi connectivity index (χ3v) is 3.44. The van der Waals surface area contributed by atoms with Crippen molar-refractivity contribution < 1.29 is 14.0 Å². The monoisotopic (exact) mass is 320 g/mol. The van der Waals surface area contributed by atoms with Gasteiger partial charge in [-0.2, -0.15) is 0 Å². The van der Waals surface area contributed by atoms with E-state index in [1.165, 1.54) is 6.26 Å². The van der Waals surface area contributed by atoms with Crippen LogP contribution in [0.1, 0.15) is 24.4 Å². The predicted molar refractivity (Wildman–Crippen MR) is 84.9 cm³/mol. The van der Waals surface area contributed by atoms with Crippen LogP contribution >= 0.6 is 11.6 Å². The van der Waals surface area contributed by atoms with Crippen LogP contribution in [0.3, 0.4) is 0 Å². The quantitative estimate of drug-likeness (QED) is 0.887. The number of rotatable bonds is 5. The first-order chi connectivity index (χ1) is 10.5. The summed E-state index contributed by atoms with van der Waals surface area (Å²) >= 11 is 6.02. The van der Waals surface area contributed by atoms with E-state index >= 15 is 0 Å². The zero-order valence-corrected chi connectivity index (χ0v) is 13.1. The number of amides is 2. The molecule has 116 valence electrons. The Hall–Kier alpha value is -2.27. The van der Waals surface area contributed by atoms with Crippen molar-refractivity contribution in [3.63, 3.8) is 0 Å². The number of hydrogen-bond acceptors (Lipinski definition) is 3. The van der Waals surface area contributed by atoms with Crippen LogP contribution < -0.4 is 10.6 Å². The van der Waals surface area contributed by atoms with Crippen molar-refractivity contribution in [1.29, 1.82) is 0 Å². The number of anilines is 1. The van der Waals surface area contributed by atoms with E-state index in [1.807, 2.05) is 13.8 Å². The molecular weight excluding hydrogens is 304 g/mol. The van der Waals surface area contributed by atoms with Gasteiger partial charge in [-0.25, -0.2) is 0 Å². The highest BCUT2D eigenvalue weighted by atomic mass is 35.5. The molecule has 0 saturated carbocycles. The minimum atomic E-state index is -0.700. The number of benzene rings is 1. The van der Waals surface area contributed by atoms with Gasteiger partial charge in [0.25, 0.3) is 5.91 Å². The topological polar surface area (TPSA) is 71.3 Å². The highest BCUT2D eigenvalue weighted by Gasteiger charge is 2.26. The Kier molecular flexibility index (Phi) is 5.22. The van der Waals surface area contributed by atoms with Gasteiger partial charge in [-0.05, 0) is 30.2 Å². The largest absolute Gasteiger partial charge is 0.459 e. The second-order valence-electron chi connectivity index (χ2n) is 5.14. The molecule has 0 bridgehead atoms. The van der Waals surface area contributed by atoms with Crippen molar-refractivity contribution in [2.24, 2.45) is 5.92 Å². The summed E-state index contributed by atoms with van der Waals surface area (Å²) in [7, 11) is 0. The summed E-state index contributed by atoms with van der Waals surface area (Å²) in [5, 5.41) is 5.84. The molecule has 6 heteroatoms. The SMILES string of the molecule is CC(C)[C@H](NC(=O)c1ccco1)C(=O)Nc1ccccc1Cl. The molecule has 0 saturated heterocycles. The lowest BCUT2D eigenvalue weighted by Crippen LogP contribution is -2.47. The van der Waals surface area contributed by atoms with Gasteiger partial charge in [0, 0.05) is 0 Å². The molecule has 0 aliphatic rings. The van der Waals surface area contributed by atoms with E-state index in [0.29, 0.717) is 10.7 Å². The standard InChI is InChI=1S/C16H17ClN2O3/c1-10(2)14(19-15(20)13-8-5-9-22-13)16(21)18-12-7-4-3-6-11(12)17/h3-10,14H,1-2H3,(H,18,21)(H,19,20)/t14-/m0/s1. The molecule has 2 aromatic rings. The van der Waals surface area contributed by atoms with Crippen LogP contribution in [-0.2, 0) is 4.79 Å². The van der Waals surface area contributed by atoms with Gasteiger partial charge in [-0.3, -0.25) is 9.59 Å². The lowest BCUT2D eigenvalue weighted by Gasteiger charge is -2.21. The fourth-order valence-corrected chi connectivity index (χ4v) is 2.11. The van der Waals surface area contributed by atoms with Gasteiger partial charge < -0.3 is 15.1 Å². The summed E-state index contributed by atoms with van der Waals surface area (Å²) in [6, 6.07) is 9.38. The minimum Gasteiger partial charge on any atom is -0.459 e. The fourth-order valence-electron chi connectivity index (χ4n) is 1.93. The van der Waals surface area contributed by atoms with E-state index in [1.54, 1.807) is 36.4 Å². The highest BCUT2D eigenvalue weighted by Crippen LogP contribution is 2.21. The number of halogens is 1. The molecule has 0 unspecified atom stereocenters. The van der Waals surface area contributed by atoms with Crippen LogP contribution in [0.15, 0.2) is 47.1 Å². The molecule has 0 aliphatic carbocycles. The summed E-state index contributed by atoms with van der Waals surface area (Å²) in [6.07, 6.45) is 1.41. The molecule has 2 rings (SSSR count). The molecule has 0 radical (unpaired) electrons. The molecule has 0 aliphatic heterocycles. The van der Waals surface area contributed by atoms with Gasteiger partial charge in [-0.15, -0.1) is 0 Å². The lowest BCUT2D eigenvalue weighted by atomic mass is 10.0. The molecule has 2 N–H and O–H groups in total. The Morgan fingerprint density at radius 3 is 2.45 bits per heavy atom. The highest BCUT2D eigenvalue weighted by molar-refractivity contribution is 6.33. The van der Waals surface area contributed by atoms with E-state index < -0.39 is 11.9 Å². The maximum atomic E-state index is 12.4. The average Bonchev–Trinajstić information content (AvgIpc) is 3.00. The van der Waals surface area contributed by atoms with Crippen LogP contribution in [0, 0.1) is 5.92 Å². The van der Waals surface area contributed by atoms with Crippen molar-refractivity contribution in [3.8, 4) is 0 Å². The molecule has 0 spiro atoms. The van der Waals surface area contributed by atoms with Crippen molar-refractivity contribution in [2.75, 3.05) is 5.32 Å². The third kappa shape index (κ3) is 3.89. The van der Waals surface area contributed by atoms with Crippen LogP contribution in [0.5, 0.6) is 0 Å². The van der Waals surface area contributed by atoms with Crippen LogP contribution in [0.2, 0.25) is 5.02 Å². The van der Waals surface area contributed by atoms with Gasteiger partial charge in [-0.1, -0.05) is 37.6 Å². The number of hydrogen-bond donors (Lipinski definition) is 2. The molecule has 22 heavy (non-hydrogen) atoms. The first-order valence-corrected chi connectivity index (χ1v) is 7.26. The Balaban J connectivity index is 2.09.